The van der Waals surface area contributed by atoms with Gasteiger partial charge in [0, 0.05) is 24.9 Å². The smallest absolute Gasteiger partial charge is 0.412 e. The van der Waals surface area contributed by atoms with Crippen molar-refractivity contribution < 1.29 is 24.2 Å². The van der Waals surface area contributed by atoms with E-state index in [1.54, 1.807) is 6.92 Å². The number of carboxylic acid groups (broad SMARTS) is 1. The molecule has 9 nitrogen and oxygen atoms in total. The number of amides is 2. The van der Waals surface area contributed by atoms with Gasteiger partial charge in [-0.2, -0.15) is 5.10 Å². The van der Waals surface area contributed by atoms with E-state index in [1.807, 2.05) is 36.4 Å². The van der Waals surface area contributed by atoms with Crippen LogP contribution in [0, 0.1) is 5.92 Å². The Morgan fingerprint density at radius 2 is 1.73 bits per heavy atom. The van der Waals surface area contributed by atoms with Gasteiger partial charge < -0.3 is 15.2 Å². The molecule has 0 radical (unpaired) electrons. The lowest BCUT2D eigenvalue weighted by Gasteiger charge is -2.14. The van der Waals surface area contributed by atoms with E-state index < -0.39 is 18.0 Å². The van der Waals surface area contributed by atoms with Crippen molar-refractivity contribution in [3.05, 3.63) is 71.4 Å². The molecule has 0 aliphatic heterocycles. The normalized spacial score (nSPS) is 13.0. The molecule has 0 spiro atoms. The van der Waals surface area contributed by atoms with Crippen molar-refractivity contribution >= 4 is 23.8 Å². The maximum Gasteiger partial charge on any atom is 0.412 e. The zero-order valence-electron chi connectivity index (χ0n) is 18.0. The molecule has 1 aromatic heterocycles. The fraction of sp³-hybridized carbons (Fsp3) is 0.250. The van der Waals surface area contributed by atoms with Gasteiger partial charge in [-0.25, -0.2) is 4.79 Å². The van der Waals surface area contributed by atoms with Crippen molar-refractivity contribution in [2.24, 2.45) is 5.92 Å². The summed E-state index contributed by atoms with van der Waals surface area (Å²) in [5, 5.41) is 20.4. The molecule has 9 heteroatoms. The highest BCUT2D eigenvalue weighted by molar-refractivity contribution is 5.94. The summed E-state index contributed by atoms with van der Waals surface area (Å²) >= 11 is 0. The standard InChI is InChI=1S/C24H24N4O5/c1-14(10-22(29)30)12-25-23(31)20-11-21(28-27-20)26-24(32)33-13-19-17-8-4-2-6-15(17)16-7-3-5-9-18(16)19/h2-9,11,14,19H,10,12-13H2,1H3,(H,25,31)(H,29,30)(H2,26,27,28,32). The number of carbonyl (C=O) groups is 3. The number of hydrogen-bond donors (Lipinski definition) is 4. The van der Waals surface area contributed by atoms with E-state index in [4.69, 9.17) is 9.84 Å². The van der Waals surface area contributed by atoms with Crippen LogP contribution in [0.3, 0.4) is 0 Å². The van der Waals surface area contributed by atoms with Crippen molar-refractivity contribution in [1.29, 1.82) is 0 Å². The van der Waals surface area contributed by atoms with Crippen LogP contribution in [0.15, 0.2) is 54.6 Å². The molecule has 3 aromatic rings. The Kier molecular flexibility index (Phi) is 6.39. The maximum atomic E-state index is 12.3. The van der Waals surface area contributed by atoms with E-state index in [-0.39, 0.29) is 42.9 Å². The highest BCUT2D eigenvalue weighted by Gasteiger charge is 2.29. The molecule has 2 amide bonds. The van der Waals surface area contributed by atoms with E-state index in [9.17, 15) is 14.4 Å². The zero-order chi connectivity index (χ0) is 23.4. The number of H-pyrrole nitrogens is 1. The van der Waals surface area contributed by atoms with Crippen molar-refractivity contribution in [1.82, 2.24) is 15.5 Å². The second kappa shape index (κ2) is 9.56. The SMILES string of the molecule is CC(CNC(=O)c1cc(NC(=O)OCC2c3ccccc3-c3ccccc32)n[nH]1)CC(=O)O. The van der Waals surface area contributed by atoms with Crippen molar-refractivity contribution in [2.75, 3.05) is 18.5 Å². The van der Waals surface area contributed by atoms with Crippen molar-refractivity contribution in [3.8, 4) is 11.1 Å². The first-order valence-corrected chi connectivity index (χ1v) is 10.6. The van der Waals surface area contributed by atoms with Crippen molar-refractivity contribution in [3.63, 3.8) is 0 Å². The largest absolute Gasteiger partial charge is 0.481 e. The molecule has 2 aromatic carbocycles. The lowest BCUT2D eigenvalue weighted by molar-refractivity contribution is -0.137. The molecule has 170 valence electrons. The Morgan fingerprint density at radius 1 is 1.09 bits per heavy atom. The fourth-order valence-corrected chi connectivity index (χ4v) is 3.97. The topological polar surface area (TPSA) is 133 Å². The van der Waals surface area contributed by atoms with Gasteiger partial charge in [0.2, 0.25) is 0 Å². The Balaban J connectivity index is 1.32. The third kappa shape index (κ3) is 5.03. The molecule has 0 fully saturated rings. The van der Waals surface area contributed by atoms with Gasteiger partial charge in [-0.3, -0.25) is 20.0 Å². The van der Waals surface area contributed by atoms with E-state index in [2.05, 4.69) is 33.0 Å². The van der Waals surface area contributed by atoms with Crippen LogP contribution in [0.4, 0.5) is 10.6 Å². The van der Waals surface area contributed by atoms with Crippen molar-refractivity contribution in [2.45, 2.75) is 19.3 Å². The zero-order valence-corrected chi connectivity index (χ0v) is 18.0. The van der Waals surface area contributed by atoms with Crippen LogP contribution < -0.4 is 10.6 Å². The summed E-state index contributed by atoms with van der Waals surface area (Å²) in [6.07, 6.45) is -0.719. The summed E-state index contributed by atoms with van der Waals surface area (Å²) in [6.45, 7) is 2.10. The van der Waals surface area contributed by atoms with Crippen LogP contribution in [0.5, 0.6) is 0 Å². The van der Waals surface area contributed by atoms with Crippen LogP contribution in [-0.2, 0) is 9.53 Å². The lowest BCUT2D eigenvalue weighted by atomic mass is 9.98. The molecule has 33 heavy (non-hydrogen) atoms. The van der Waals surface area contributed by atoms with Gasteiger partial charge in [0.15, 0.2) is 5.82 Å². The number of carboxylic acids is 1. The summed E-state index contributed by atoms with van der Waals surface area (Å²) < 4.78 is 5.47. The van der Waals surface area contributed by atoms with Crippen LogP contribution >= 0.6 is 0 Å². The van der Waals surface area contributed by atoms with E-state index >= 15 is 0 Å². The van der Waals surface area contributed by atoms with Gasteiger partial charge >= 0.3 is 12.1 Å². The number of rotatable bonds is 8. The fourth-order valence-electron chi connectivity index (χ4n) is 3.97. The quantitative estimate of drug-likeness (QED) is 0.416. The van der Waals surface area contributed by atoms with E-state index in [0.29, 0.717) is 0 Å². The molecule has 1 unspecified atom stereocenters. The summed E-state index contributed by atoms with van der Waals surface area (Å²) in [7, 11) is 0. The predicted molar refractivity (Wildman–Crippen MR) is 121 cm³/mol. The second-order valence-corrected chi connectivity index (χ2v) is 8.03. The third-order valence-corrected chi connectivity index (χ3v) is 5.53. The minimum absolute atomic E-state index is 0.0438. The van der Waals surface area contributed by atoms with Gasteiger partial charge in [-0.05, 0) is 28.2 Å². The molecular formula is C24H24N4O5. The molecule has 0 saturated carbocycles. The predicted octanol–water partition coefficient (Wildman–Crippen LogP) is 3.61. The molecular weight excluding hydrogens is 424 g/mol. The molecule has 0 saturated heterocycles. The molecule has 1 atom stereocenters. The first kappa shape index (κ1) is 22.1. The number of anilines is 1. The van der Waals surface area contributed by atoms with Crippen LogP contribution in [0.25, 0.3) is 11.1 Å². The van der Waals surface area contributed by atoms with Gasteiger partial charge in [-0.15, -0.1) is 0 Å². The number of aromatic nitrogens is 2. The summed E-state index contributed by atoms with van der Waals surface area (Å²) in [5.41, 5.74) is 4.65. The van der Waals surface area contributed by atoms with Gasteiger partial charge in [0.05, 0.1) is 0 Å². The number of benzene rings is 2. The van der Waals surface area contributed by atoms with E-state index in [1.165, 1.54) is 6.07 Å². The van der Waals surface area contributed by atoms with Gasteiger partial charge in [0.25, 0.3) is 5.91 Å². The lowest BCUT2D eigenvalue weighted by Crippen LogP contribution is -2.29. The molecule has 4 N–H and O–H groups in total. The number of fused-ring (bicyclic) bond motifs is 3. The number of ether oxygens (including phenoxy) is 1. The van der Waals surface area contributed by atoms with Crippen LogP contribution in [-0.4, -0.2) is 46.4 Å². The Hall–Kier alpha value is -4.14. The highest BCUT2D eigenvalue weighted by atomic mass is 16.5. The van der Waals surface area contributed by atoms with Crippen LogP contribution in [0.1, 0.15) is 40.9 Å². The average Bonchev–Trinajstić information content (AvgIpc) is 3.38. The number of aliphatic carboxylic acids is 1. The number of nitrogens with zero attached hydrogens (tertiary/aromatic N) is 1. The minimum atomic E-state index is -0.923. The number of aromatic amines is 1. The third-order valence-electron chi connectivity index (χ3n) is 5.53. The number of carbonyl (C=O) groups excluding carboxylic acids is 2. The highest BCUT2D eigenvalue weighted by Crippen LogP contribution is 2.44. The monoisotopic (exact) mass is 448 g/mol. The molecule has 1 heterocycles. The molecule has 1 aliphatic carbocycles. The van der Waals surface area contributed by atoms with Gasteiger partial charge in [0.1, 0.15) is 12.3 Å². The van der Waals surface area contributed by atoms with E-state index in [0.717, 1.165) is 22.3 Å². The summed E-state index contributed by atoms with van der Waals surface area (Å²) in [6, 6.07) is 17.5. The maximum absolute atomic E-state index is 12.3. The van der Waals surface area contributed by atoms with Crippen LogP contribution in [0.2, 0.25) is 0 Å². The Labute approximate surface area is 190 Å². The Morgan fingerprint density at radius 3 is 2.36 bits per heavy atom. The second-order valence-electron chi connectivity index (χ2n) is 8.03. The first-order chi connectivity index (χ1) is 15.9. The number of hydrogen-bond acceptors (Lipinski definition) is 5. The molecule has 0 bridgehead atoms. The first-order valence-electron chi connectivity index (χ1n) is 10.6. The van der Waals surface area contributed by atoms with Gasteiger partial charge in [-0.1, -0.05) is 55.5 Å². The summed E-state index contributed by atoms with van der Waals surface area (Å²) in [5.74, 6) is -1.49. The number of nitrogens with one attached hydrogen (secondary N) is 3. The minimum Gasteiger partial charge on any atom is -0.481 e. The summed E-state index contributed by atoms with van der Waals surface area (Å²) in [4.78, 5) is 35.2. The molecule has 1 aliphatic rings. The average molecular weight is 448 g/mol. The molecule has 4 rings (SSSR count). The Bertz CT molecular complexity index is 1140.